The van der Waals surface area contributed by atoms with Crippen molar-refractivity contribution in [1.29, 1.82) is 0 Å². The van der Waals surface area contributed by atoms with Gasteiger partial charge in [-0.05, 0) is 51.9 Å². The van der Waals surface area contributed by atoms with Gasteiger partial charge in [0, 0.05) is 50.8 Å². The van der Waals surface area contributed by atoms with Crippen molar-refractivity contribution in [1.82, 2.24) is 20.4 Å². The third-order valence-electron chi connectivity index (χ3n) is 5.65. The summed E-state index contributed by atoms with van der Waals surface area (Å²) < 4.78 is 0. The Kier molecular flexibility index (Phi) is 26.3. The predicted molar refractivity (Wildman–Crippen MR) is 144 cm³/mol. The minimum absolute atomic E-state index is 0.965. The Hall–Kier alpha value is 0.540. The number of nitrogens with one attached hydrogen (secondary N) is 2. The SMILES string of the molecule is CCCCN(CCS)CCNCCCCCCCCNCCN(CCS)CCCC. The number of thiol groups is 2. The van der Waals surface area contributed by atoms with E-state index in [0.29, 0.717) is 0 Å². The Bertz CT molecular complexity index is 292. The van der Waals surface area contributed by atoms with Crippen LogP contribution in [-0.4, -0.2) is 86.8 Å². The molecule has 0 aromatic heterocycles. The van der Waals surface area contributed by atoms with Crippen LogP contribution in [0, 0.1) is 0 Å². The average Bonchev–Trinajstić information content (AvgIpc) is 2.75. The fraction of sp³-hybridized carbons (Fsp3) is 1.00. The van der Waals surface area contributed by atoms with Crippen LogP contribution in [-0.2, 0) is 0 Å². The summed E-state index contributed by atoms with van der Waals surface area (Å²) in [6.45, 7) is 16.1. The third-order valence-corrected chi connectivity index (χ3v) is 6.05. The van der Waals surface area contributed by atoms with Crippen LogP contribution in [0.15, 0.2) is 0 Å². The summed E-state index contributed by atoms with van der Waals surface area (Å²) in [6, 6.07) is 0. The highest BCUT2D eigenvalue weighted by molar-refractivity contribution is 7.80. The lowest BCUT2D eigenvalue weighted by molar-refractivity contribution is 0.284. The summed E-state index contributed by atoms with van der Waals surface area (Å²) in [5.74, 6) is 1.93. The van der Waals surface area contributed by atoms with E-state index in [9.17, 15) is 0 Å². The smallest absolute Gasteiger partial charge is 0.0107 e. The fourth-order valence-electron chi connectivity index (χ4n) is 3.65. The van der Waals surface area contributed by atoms with Gasteiger partial charge < -0.3 is 20.4 Å². The highest BCUT2D eigenvalue weighted by atomic mass is 32.1. The molecule has 0 rings (SSSR count). The summed E-state index contributed by atoms with van der Waals surface area (Å²) in [7, 11) is 0. The van der Waals surface area contributed by atoms with Crippen LogP contribution < -0.4 is 10.6 Å². The van der Waals surface area contributed by atoms with Crippen molar-refractivity contribution >= 4 is 25.3 Å². The lowest BCUT2D eigenvalue weighted by Crippen LogP contribution is -2.34. The van der Waals surface area contributed by atoms with Crippen molar-refractivity contribution in [3.63, 3.8) is 0 Å². The average molecular weight is 463 g/mol. The first-order valence-electron chi connectivity index (χ1n) is 12.9. The van der Waals surface area contributed by atoms with Crippen LogP contribution in [0.2, 0.25) is 0 Å². The molecule has 0 heterocycles. The molecule has 6 heteroatoms. The van der Waals surface area contributed by atoms with E-state index >= 15 is 0 Å². The fourth-order valence-corrected chi connectivity index (χ4v) is 4.21. The molecule has 0 atom stereocenters. The minimum atomic E-state index is 0.965. The quantitative estimate of drug-likeness (QED) is 0.118. The molecule has 0 aliphatic carbocycles. The molecule has 0 aliphatic heterocycles. The molecule has 0 unspecified atom stereocenters. The van der Waals surface area contributed by atoms with Gasteiger partial charge in [-0.3, -0.25) is 0 Å². The monoisotopic (exact) mass is 462 g/mol. The molecule has 0 aliphatic rings. The first-order chi connectivity index (χ1) is 14.8. The molecule has 0 saturated heterocycles. The molecule has 182 valence electrons. The van der Waals surface area contributed by atoms with Crippen molar-refractivity contribution < 1.29 is 0 Å². The number of hydrogen-bond donors (Lipinski definition) is 4. The van der Waals surface area contributed by atoms with Gasteiger partial charge in [0.25, 0.3) is 0 Å². The van der Waals surface area contributed by atoms with Crippen LogP contribution >= 0.6 is 25.3 Å². The van der Waals surface area contributed by atoms with E-state index in [2.05, 4.69) is 59.5 Å². The molecular weight excluding hydrogens is 408 g/mol. The molecule has 0 bridgehead atoms. The van der Waals surface area contributed by atoms with E-state index < -0.39 is 0 Å². The molecule has 0 amide bonds. The Labute approximate surface area is 200 Å². The van der Waals surface area contributed by atoms with Crippen molar-refractivity contribution in [3.8, 4) is 0 Å². The third kappa shape index (κ3) is 21.8. The maximum Gasteiger partial charge on any atom is 0.0107 e. The zero-order chi connectivity index (χ0) is 22.1. The summed E-state index contributed by atoms with van der Waals surface area (Å²) in [4.78, 5) is 5.08. The lowest BCUT2D eigenvalue weighted by Gasteiger charge is -2.21. The van der Waals surface area contributed by atoms with Gasteiger partial charge in [0.15, 0.2) is 0 Å². The molecule has 30 heavy (non-hydrogen) atoms. The van der Waals surface area contributed by atoms with Gasteiger partial charge in [-0.1, -0.05) is 52.4 Å². The molecule has 0 aromatic carbocycles. The van der Waals surface area contributed by atoms with Gasteiger partial charge in [0.1, 0.15) is 0 Å². The highest BCUT2D eigenvalue weighted by Crippen LogP contribution is 2.04. The van der Waals surface area contributed by atoms with Crippen molar-refractivity contribution in [2.24, 2.45) is 0 Å². The summed E-state index contributed by atoms with van der Waals surface area (Å²) in [5, 5.41) is 7.24. The van der Waals surface area contributed by atoms with Gasteiger partial charge >= 0.3 is 0 Å². The minimum Gasteiger partial charge on any atom is -0.315 e. The first-order valence-corrected chi connectivity index (χ1v) is 14.1. The van der Waals surface area contributed by atoms with Crippen LogP contribution in [0.3, 0.4) is 0 Å². The molecule has 0 radical (unpaired) electrons. The second kappa shape index (κ2) is 25.8. The van der Waals surface area contributed by atoms with Crippen LogP contribution in [0.1, 0.15) is 78.1 Å². The summed E-state index contributed by atoms with van der Waals surface area (Å²) in [5.41, 5.74) is 0. The molecule has 0 saturated carbocycles. The van der Waals surface area contributed by atoms with E-state index in [4.69, 9.17) is 0 Å². The standard InChI is InChI=1S/C24H54N4S2/c1-3-5-17-27(21-23-29)19-15-25-13-11-9-7-8-10-12-14-26-16-20-28(22-24-30)18-6-4-2/h25-26,29-30H,3-24H2,1-2H3. The first kappa shape index (κ1) is 30.5. The van der Waals surface area contributed by atoms with Gasteiger partial charge in [-0.25, -0.2) is 0 Å². The van der Waals surface area contributed by atoms with E-state index in [-0.39, 0.29) is 0 Å². The number of hydrogen-bond acceptors (Lipinski definition) is 6. The normalized spacial score (nSPS) is 11.8. The van der Waals surface area contributed by atoms with Crippen LogP contribution in [0.5, 0.6) is 0 Å². The summed E-state index contributed by atoms with van der Waals surface area (Å²) in [6.07, 6.45) is 13.3. The van der Waals surface area contributed by atoms with Gasteiger partial charge in [-0.15, -0.1) is 0 Å². The summed E-state index contributed by atoms with van der Waals surface area (Å²) >= 11 is 8.76. The van der Waals surface area contributed by atoms with E-state index in [1.807, 2.05) is 0 Å². The number of unbranched alkanes of at least 4 members (excludes halogenated alkanes) is 7. The van der Waals surface area contributed by atoms with E-state index in [1.165, 1.54) is 103 Å². The molecule has 4 nitrogen and oxygen atoms in total. The Balaban J connectivity index is 3.35. The molecule has 0 spiro atoms. The maximum atomic E-state index is 4.38. The highest BCUT2D eigenvalue weighted by Gasteiger charge is 2.03. The zero-order valence-corrected chi connectivity index (χ0v) is 22.1. The zero-order valence-electron chi connectivity index (χ0n) is 20.3. The molecule has 0 aromatic rings. The predicted octanol–water partition coefficient (Wildman–Crippen LogP) is 4.57. The Morgan fingerprint density at radius 1 is 0.467 bits per heavy atom. The van der Waals surface area contributed by atoms with Crippen LogP contribution in [0.4, 0.5) is 0 Å². The molecule has 0 fully saturated rings. The van der Waals surface area contributed by atoms with Crippen LogP contribution in [0.25, 0.3) is 0 Å². The van der Waals surface area contributed by atoms with Gasteiger partial charge in [0.2, 0.25) is 0 Å². The molecule has 2 N–H and O–H groups in total. The number of nitrogens with zero attached hydrogens (tertiary/aromatic N) is 2. The molecular formula is C24H54N4S2. The lowest BCUT2D eigenvalue weighted by atomic mass is 10.1. The second-order valence-electron chi connectivity index (χ2n) is 8.46. The Morgan fingerprint density at radius 2 is 0.867 bits per heavy atom. The van der Waals surface area contributed by atoms with Crippen molar-refractivity contribution in [3.05, 3.63) is 0 Å². The second-order valence-corrected chi connectivity index (χ2v) is 9.35. The largest absolute Gasteiger partial charge is 0.315 e. The van der Waals surface area contributed by atoms with Gasteiger partial charge in [0.05, 0.1) is 0 Å². The number of rotatable bonds is 25. The Morgan fingerprint density at radius 3 is 1.23 bits per heavy atom. The van der Waals surface area contributed by atoms with E-state index in [0.717, 1.165) is 37.7 Å². The topological polar surface area (TPSA) is 30.5 Å². The van der Waals surface area contributed by atoms with Crippen molar-refractivity contribution in [2.75, 3.05) is 77.0 Å². The van der Waals surface area contributed by atoms with Gasteiger partial charge in [-0.2, -0.15) is 25.3 Å². The van der Waals surface area contributed by atoms with E-state index in [1.54, 1.807) is 0 Å². The maximum absolute atomic E-state index is 4.38. The van der Waals surface area contributed by atoms with Crippen molar-refractivity contribution in [2.45, 2.75) is 78.1 Å².